The summed E-state index contributed by atoms with van der Waals surface area (Å²) in [4.78, 5) is 18.8. The number of benzene rings is 1. The predicted molar refractivity (Wildman–Crippen MR) is 120 cm³/mol. The fourth-order valence-electron chi connectivity index (χ4n) is 3.87. The molecule has 6 heteroatoms. The van der Waals surface area contributed by atoms with Gasteiger partial charge in [-0.05, 0) is 56.5 Å². The number of rotatable bonds is 8. The normalized spacial score (nSPS) is 19.6. The van der Waals surface area contributed by atoms with Gasteiger partial charge < -0.3 is 14.8 Å². The molecule has 30 heavy (non-hydrogen) atoms. The van der Waals surface area contributed by atoms with E-state index in [0.29, 0.717) is 35.9 Å². The Kier molecular flexibility index (Phi) is 7.85. The first-order chi connectivity index (χ1) is 14.6. The Morgan fingerprint density at radius 1 is 1.23 bits per heavy atom. The van der Waals surface area contributed by atoms with Crippen LogP contribution >= 0.6 is 0 Å². The maximum Gasteiger partial charge on any atom is 0.248 e. The minimum Gasteiger partial charge on any atom is -0.493 e. The highest BCUT2D eigenvalue weighted by Crippen LogP contribution is 2.30. The number of amides is 1. The second kappa shape index (κ2) is 10.8. The van der Waals surface area contributed by atoms with Crippen LogP contribution in [0, 0.1) is 0 Å². The third kappa shape index (κ3) is 6.07. The summed E-state index contributed by atoms with van der Waals surface area (Å²) in [6.07, 6.45) is 10.4. The smallest absolute Gasteiger partial charge is 0.248 e. The molecule has 1 aliphatic rings. The van der Waals surface area contributed by atoms with E-state index in [0.717, 1.165) is 12.1 Å². The van der Waals surface area contributed by atoms with Gasteiger partial charge in [-0.2, -0.15) is 0 Å². The van der Waals surface area contributed by atoms with Gasteiger partial charge in [0.25, 0.3) is 0 Å². The van der Waals surface area contributed by atoms with Crippen LogP contribution in [0.15, 0.2) is 48.8 Å². The minimum absolute atomic E-state index is 0.217. The Balaban J connectivity index is 1.59. The first-order valence-electron chi connectivity index (χ1n) is 10.5. The van der Waals surface area contributed by atoms with Gasteiger partial charge in [0, 0.05) is 48.9 Å². The van der Waals surface area contributed by atoms with Crippen molar-refractivity contribution in [2.45, 2.75) is 45.2 Å². The summed E-state index contributed by atoms with van der Waals surface area (Å²) < 4.78 is 11.5. The Hall–Kier alpha value is -2.86. The van der Waals surface area contributed by atoms with E-state index < -0.39 is 0 Å². The van der Waals surface area contributed by atoms with E-state index in [2.05, 4.69) is 29.0 Å². The molecule has 160 valence electrons. The number of methoxy groups -OCH3 is 1. The van der Waals surface area contributed by atoms with Crippen molar-refractivity contribution in [1.82, 2.24) is 9.88 Å². The zero-order valence-corrected chi connectivity index (χ0v) is 18.0. The molecule has 1 amide bonds. The van der Waals surface area contributed by atoms with Gasteiger partial charge in [0.2, 0.25) is 5.91 Å². The van der Waals surface area contributed by atoms with Gasteiger partial charge in [0.15, 0.2) is 11.5 Å². The van der Waals surface area contributed by atoms with Crippen LogP contribution in [0.5, 0.6) is 11.5 Å². The van der Waals surface area contributed by atoms with Crippen molar-refractivity contribution in [3.8, 4) is 11.5 Å². The monoisotopic (exact) mass is 409 g/mol. The van der Waals surface area contributed by atoms with Crippen molar-refractivity contribution < 1.29 is 14.3 Å². The van der Waals surface area contributed by atoms with Crippen LogP contribution in [-0.4, -0.2) is 48.1 Å². The molecule has 0 saturated carbocycles. The van der Waals surface area contributed by atoms with Crippen LogP contribution in [0.4, 0.5) is 5.69 Å². The number of nitrogens with zero attached hydrogens (tertiary/aromatic N) is 2. The number of carbonyl (C=O) groups is 1. The lowest BCUT2D eigenvalue weighted by Crippen LogP contribution is -2.45. The van der Waals surface area contributed by atoms with Gasteiger partial charge in [0.05, 0.1) is 7.11 Å². The number of hydrogen-bond donors (Lipinski definition) is 1. The molecule has 2 atom stereocenters. The van der Waals surface area contributed by atoms with Crippen LogP contribution < -0.4 is 14.8 Å². The molecule has 1 fully saturated rings. The number of aromatic nitrogens is 1. The number of anilines is 1. The molecular weight excluding hydrogens is 378 g/mol. The Morgan fingerprint density at radius 3 is 2.73 bits per heavy atom. The maximum absolute atomic E-state index is 12.2. The summed E-state index contributed by atoms with van der Waals surface area (Å²) in [6.45, 7) is 6.01. The molecule has 1 N–H and O–H groups in total. The van der Waals surface area contributed by atoms with E-state index in [1.54, 1.807) is 37.7 Å². The van der Waals surface area contributed by atoms with Crippen LogP contribution in [0.2, 0.25) is 0 Å². The molecule has 3 rings (SSSR count). The summed E-state index contributed by atoms with van der Waals surface area (Å²) in [5, 5.41) is 2.87. The average Bonchev–Trinajstić information content (AvgIpc) is 2.75. The van der Waals surface area contributed by atoms with Gasteiger partial charge in [0.1, 0.15) is 6.61 Å². The van der Waals surface area contributed by atoms with E-state index in [-0.39, 0.29) is 5.91 Å². The highest BCUT2D eigenvalue weighted by atomic mass is 16.5. The van der Waals surface area contributed by atoms with E-state index in [1.807, 2.05) is 18.2 Å². The quantitative estimate of drug-likeness (QED) is 0.656. The van der Waals surface area contributed by atoms with Crippen LogP contribution in [0.1, 0.15) is 38.7 Å². The number of hydrogen-bond acceptors (Lipinski definition) is 5. The lowest BCUT2D eigenvalue weighted by atomic mass is 9.98. The van der Waals surface area contributed by atoms with Crippen molar-refractivity contribution in [2.75, 3.05) is 25.6 Å². The van der Waals surface area contributed by atoms with E-state index >= 15 is 0 Å². The lowest BCUT2D eigenvalue weighted by molar-refractivity contribution is -0.111. The third-order valence-electron chi connectivity index (χ3n) is 5.53. The summed E-state index contributed by atoms with van der Waals surface area (Å²) in [5.74, 6) is 1.06. The molecule has 2 heterocycles. The molecule has 0 bridgehead atoms. The third-order valence-corrected chi connectivity index (χ3v) is 5.53. The highest BCUT2D eigenvalue weighted by Gasteiger charge is 2.24. The highest BCUT2D eigenvalue weighted by molar-refractivity contribution is 6.02. The van der Waals surface area contributed by atoms with Gasteiger partial charge in [-0.1, -0.05) is 12.5 Å². The Morgan fingerprint density at radius 2 is 2.03 bits per heavy atom. The number of nitrogens with one attached hydrogen (secondary N) is 1. The average molecular weight is 410 g/mol. The molecule has 1 saturated heterocycles. The topological polar surface area (TPSA) is 63.7 Å². The van der Waals surface area contributed by atoms with E-state index in [9.17, 15) is 4.79 Å². The lowest BCUT2D eigenvalue weighted by Gasteiger charge is -2.38. The van der Waals surface area contributed by atoms with Crippen LogP contribution in [-0.2, 0) is 4.79 Å². The molecule has 0 aliphatic carbocycles. The van der Waals surface area contributed by atoms with Gasteiger partial charge in [-0.25, -0.2) is 0 Å². The zero-order valence-electron chi connectivity index (χ0n) is 18.0. The summed E-state index contributed by atoms with van der Waals surface area (Å²) in [7, 11) is 1.62. The number of pyridine rings is 1. The molecule has 0 unspecified atom stereocenters. The minimum atomic E-state index is -0.217. The van der Waals surface area contributed by atoms with Crippen molar-refractivity contribution >= 4 is 17.7 Å². The molecule has 0 spiro atoms. The molecule has 0 radical (unpaired) electrons. The summed E-state index contributed by atoms with van der Waals surface area (Å²) in [6, 6.07) is 10.3. The van der Waals surface area contributed by atoms with E-state index in [1.165, 1.54) is 25.3 Å². The Labute approximate surface area is 178 Å². The first kappa shape index (κ1) is 21.8. The second-order valence-corrected chi connectivity index (χ2v) is 7.69. The van der Waals surface area contributed by atoms with Crippen molar-refractivity contribution in [1.29, 1.82) is 0 Å². The second-order valence-electron chi connectivity index (χ2n) is 7.69. The maximum atomic E-state index is 12.2. The molecular formula is C24H31N3O3. The number of piperidine rings is 1. The SMILES string of the molecule is COc1ccc(NC(=O)C=Cc2cccnc2)cc1OCCN1[C@H](C)CCC[C@@H]1C. The first-order valence-corrected chi connectivity index (χ1v) is 10.5. The fourth-order valence-corrected chi connectivity index (χ4v) is 3.87. The molecule has 1 aliphatic heterocycles. The number of likely N-dealkylation sites (tertiary alicyclic amines) is 1. The zero-order chi connectivity index (χ0) is 21.3. The number of ether oxygens (including phenoxy) is 2. The standard InChI is InChI=1S/C24H31N3O3/c1-18-6-4-7-19(2)27(18)14-15-30-23-16-21(10-11-22(23)29-3)26-24(28)12-9-20-8-5-13-25-17-20/h5,8-13,16-19H,4,6-7,14-15H2,1-3H3,(H,26,28)/t18-,19+. The molecule has 2 aromatic rings. The fraction of sp³-hybridized carbons (Fsp3) is 0.417. The summed E-state index contributed by atoms with van der Waals surface area (Å²) >= 11 is 0. The van der Waals surface area contributed by atoms with Crippen LogP contribution in [0.25, 0.3) is 6.08 Å². The molecule has 1 aromatic carbocycles. The van der Waals surface area contributed by atoms with Gasteiger partial charge in [-0.3, -0.25) is 14.7 Å². The van der Waals surface area contributed by atoms with Crippen molar-refractivity contribution in [2.24, 2.45) is 0 Å². The van der Waals surface area contributed by atoms with Gasteiger partial charge in [-0.15, -0.1) is 0 Å². The summed E-state index contributed by atoms with van der Waals surface area (Å²) in [5.41, 5.74) is 1.53. The number of carbonyl (C=O) groups excluding carboxylic acids is 1. The molecule has 1 aromatic heterocycles. The molecule has 6 nitrogen and oxygen atoms in total. The van der Waals surface area contributed by atoms with Crippen LogP contribution in [0.3, 0.4) is 0 Å². The van der Waals surface area contributed by atoms with Gasteiger partial charge >= 0.3 is 0 Å². The van der Waals surface area contributed by atoms with Crippen molar-refractivity contribution in [3.63, 3.8) is 0 Å². The largest absolute Gasteiger partial charge is 0.493 e. The predicted octanol–water partition coefficient (Wildman–Crippen LogP) is 4.38. The van der Waals surface area contributed by atoms with E-state index in [4.69, 9.17) is 9.47 Å². The Bertz CT molecular complexity index is 844. The van der Waals surface area contributed by atoms with Crippen molar-refractivity contribution in [3.05, 3.63) is 54.4 Å².